The van der Waals surface area contributed by atoms with Gasteiger partial charge in [-0.05, 0) is 0 Å². The van der Waals surface area contributed by atoms with Crippen LogP contribution in [-0.2, 0) is 14.2 Å². The van der Waals surface area contributed by atoms with Crippen molar-refractivity contribution >= 4 is 11.6 Å². The summed E-state index contributed by atoms with van der Waals surface area (Å²) in [4.78, 5) is 1.27. The summed E-state index contributed by atoms with van der Waals surface area (Å²) in [5, 5.41) is 0. The van der Waals surface area contributed by atoms with Crippen LogP contribution in [0.3, 0.4) is 0 Å². The summed E-state index contributed by atoms with van der Waals surface area (Å²) in [6.45, 7) is 3.77. The van der Waals surface area contributed by atoms with E-state index >= 15 is 0 Å². The van der Waals surface area contributed by atoms with Gasteiger partial charge in [-0.2, -0.15) is 0 Å². The maximum absolute atomic E-state index is 5.42. The van der Waals surface area contributed by atoms with Crippen molar-refractivity contribution in [3.63, 3.8) is 0 Å². The molecule has 0 aromatic rings. The summed E-state index contributed by atoms with van der Waals surface area (Å²) >= 11 is 5.42. The Balaban J connectivity index is 0. The van der Waals surface area contributed by atoms with Gasteiger partial charge in [0.15, 0.2) is 6.73 Å². The summed E-state index contributed by atoms with van der Waals surface area (Å²) in [5.74, 6) is 0.536. The molecular weight excluding hydrogens is 241 g/mol. The molecule has 0 saturated carbocycles. The minimum absolute atomic E-state index is 0. The predicted octanol–water partition coefficient (Wildman–Crippen LogP) is -3.62. The molecule has 0 unspecified atom stereocenters. The first-order chi connectivity index (χ1) is 6.77. The minimum atomic E-state index is 0. The van der Waals surface area contributed by atoms with Crippen molar-refractivity contribution in [3.05, 3.63) is 0 Å². The third-order valence-electron chi connectivity index (χ3n) is 1.36. The second-order valence-corrected chi connectivity index (χ2v) is 3.55. The molecule has 94 valence electrons. The summed E-state index contributed by atoms with van der Waals surface area (Å²) in [5.41, 5.74) is 0. The number of nitrogens with one attached hydrogen (secondary N) is 1. The quantitative estimate of drug-likeness (QED) is 0.251. The molecular formula is C9H21Cl2NO3. The third-order valence-corrected chi connectivity index (χ3v) is 1.51. The van der Waals surface area contributed by atoms with Crippen LogP contribution < -0.4 is 17.3 Å². The fourth-order valence-corrected chi connectivity index (χ4v) is 0.880. The zero-order valence-electron chi connectivity index (χ0n) is 9.43. The van der Waals surface area contributed by atoms with Gasteiger partial charge in [0, 0.05) is 5.88 Å². The maximum atomic E-state index is 5.42. The van der Waals surface area contributed by atoms with Gasteiger partial charge in [0.05, 0.1) is 47.1 Å². The first-order valence-corrected chi connectivity index (χ1v) is 5.39. The zero-order chi connectivity index (χ0) is 10.6. The molecule has 15 heavy (non-hydrogen) atoms. The van der Waals surface area contributed by atoms with Crippen LogP contribution in [0.5, 0.6) is 0 Å². The average Bonchev–Trinajstić information content (AvgIpc) is 2.15. The minimum Gasteiger partial charge on any atom is -1.00 e. The van der Waals surface area contributed by atoms with Crippen LogP contribution >= 0.6 is 11.6 Å². The molecule has 0 amide bonds. The highest BCUT2D eigenvalue weighted by Gasteiger charge is 1.93. The van der Waals surface area contributed by atoms with Gasteiger partial charge in [0.25, 0.3) is 0 Å². The van der Waals surface area contributed by atoms with E-state index in [0.29, 0.717) is 45.6 Å². The molecule has 0 atom stereocenters. The van der Waals surface area contributed by atoms with Crippen LogP contribution in [0.4, 0.5) is 0 Å². The Morgan fingerprint density at radius 1 is 0.867 bits per heavy atom. The van der Waals surface area contributed by atoms with E-state index in [4.69, 9.17) is 25.8 Å². The Labute approximate surface area is 103 Å². The smallest absolute Gasteiger partial charge is 0.181 e. The SMILES string of the molecule is C[NH+](C)COCCOCCOCCCl.[Cl-]. The third kappa shape index (κ3) is 17.1. The fraction of sp³-hybridized carbons (Fsp3) is 1.00. The van der Waals surface area contributed by atoms with Crippen LogP contribution in [0.1, 0.15) is 0 Å². The van der Waals surface area contributed by atoms with Gasteiger partial charge in [0.1, 0.15) is 0 Å². The largest absolute Gasteiger partial charge is 1.00 e. The molecule has 0 aromatic carbocycles. The number of halogens is 2. The maximum Gasteiger partial charge on any atom is 0.181 e. The van der Waals surface area contributed by atoms with Crippen molar-refractivity contribution in [1.82, 2.24) is 0 Å². The van der Waals surface area contributed by atoms with Gasteiger partial charge < -0.3 is 31.5 Å². The van der Waals surface area contributed by atoms with Crippen molar-refractivity contribution in [1.29, 1.82) is 0 Å². The first kappa shape index (κ1) is 17.8. The summed E-state index contributed by atoms with van der Waals surface area (Å²) in [6, 6.07) is 0. The summed E-state index contributed by atoms with van der Waals surface area (Å²) in [6.07, 6.45) is 0. The number of rotatable bonds is 10. The van der Waals surface area contributed by atoms with Gasteiger partial charge in [0.2, 0.25) is 0 Å². The molecule has 0 bridgehead atoms. The molecule has 0 aliphatic rings. The van der Waals surface area contributed by atoms with E-state index in [-0.39, 0.29) is 12.4 Å². The average molecular weight is 262 g/mol. The van der Waals surface area contributed by atoms with E-state index in [9.17, 15) is 0 Å². The molecule has 0 aliphatic heterocycles. The zero-order valence-corrected chi connectivity index (χ0v) is 10.9. The molecule has 0 heterocycles. The molecule has 0 radical (unpaired) electrons. The molecule has 0 aromatic heterocycles. The van der Waals surface area contributed by atoms with Crippen LogP contribution in [-0.4, -0.2) is 59.7 Å². The molecule has 0 saturated heterocycles. The Morgan fingerprint density at radius 2 is 1.33 bits per heavy atom. The molecule has 0 fully saturated rings. The number of hydrogen-bond acceptors (Lipinski definition) is 3. The molecule has 0 spiro atoms. The van der Waals surface area contributed by atoms with Crippen molar-refractivity contribution in [2.45, 2.75) is 0 Å². The number of ether oxygens (including phenoxy) is 3. The lowest BCUT2D eigenvalue weighted by Crippen LogP contribution is -3.06. The Morgan fingerprint density at radius 3 is 1.80 bits per heavy atom. The summed E-state index contributed by atoms with van der Waals surface area (Å²) in [7, 11) is 4.09. The second-order valence-electron chi connectivity index (χ2n) is 3.17. The van der Waals surface area contributed by atoms with Crippen molar-refractivity contribution in [2.75, 3.05) is 59.7 Å². The van der Waals surface area contributed by atoms with Crippen LogP contribution in [0, 0.1) is 0 Å². The standard InChI is InChI=1S/C9H20ClNO3.ClH/c1-11(2)9-14-8-7-13-6-5-12-4-3-10;/h3-9H2,1-2H3;1H. The van der Waals surface area contributed by atoms with Crippen molar-refractivity contribution in [2.24, 2.45) is 0 Å². The van der Waals surface area contributed by atoms with Gasteiger partial charge in [-0.25, -0.2) is 0 Å². The number of hydrogen-bond donors (Lipinski definition) is 1. The monoisotopic (exact) mass is 261 g/mol. The van der Waals surface area contributed by atoms with E-state index in [0.717, 1.165) is 0 Å². The molecule has 0 rings (SSSR count). The lowest BCUT2D eigenvalue weighted by molar-refractivity contribution is -0.880. The first-order valence-electron chi connectivity index (χ1n) is 4.85. The lowest BCUT2D eigenvalue weighted by atomic mass is 10.7. The number of quaternary nitrogens is 1. The second kappa shape index (κ2) is 14.4. The number of alkyl halides is 1. The normalized spacial score (nSPS) is 10.4. The topological polar surface area (TPSA) is 32.1 Å². The highest BCUT2D eigenvalue weighted by molar-refractivity contribution is 6.17. The van der Waals surface area contributed by atoms with Gasteiger partial charge >= 0.3 is 0 Å². The van der Waals surface area contributed by atoms with E-state index in [1.807, 2.05) is 14.1 Å². The Kier molecular flexibility index (Phi) is 17.1. The van der Waals surface area contributed by atoms with Gasteiger partial charge in [-0.3, -0.25) is 0 Å². The molecule has 4 nitrogen and oxygen atoms in total. The Bertz CT molecular complexity index is 118. The van der Waals surface area contributed by atoms with Crippen molar-refractivity contribution < 1.29 is 31.5 Å². The van der Waals surface area contributed by atoms with E-state index in [1.54, 1.807) is 0 Å². The highest BCUT2D eigenvalue weighted by Crippen LogP contribution is 1.81. The van der Waals surface area contributed by atoms with Crippen LogP contribution in [0.2, 0.25) is 0 Å². The Hall–Kier alpha value is 0.420. The van der Waals surface area contributed by atoms with E-state index in [1.165, 1.54) is 4.90 Å². The van der Waals surface area contributed by atoms with Gasteiger partial charge in [-0.15, -0.1) is 11.6 Å². The molecule has 0 aliphatic carbocycles. The fourth-order valence-electron chi connectivity index (χ4n) is 0.771. The summed E-state index contributed by atoms with van der Waals surface area (Å²) < 4.78 is 15.7. The highest BCUT2D eigenvalue weighted by atomic mass is 35.5. The predicted molar refractivity (Wildman–Crippen MR) is 56.0 cm³/mol. The molecule has 6 heteroatoms. The molecule has 1 N–H and O–H groups in total. The van der Waals surface area contributed by atoms with Crippen LogP contribution in [0.25, 0.3) is 0 Å². The van der Waals surface area contributed by atoms with Crippen LogP contribution in [0.15, 0.2) is 0 Å². The van der Waals surface area contributed by atoms with E-state index in [2.05, 4.69) is 0 Å². The lowest BCUT2D eigenvalue weighted by Gasteiger charge is -2.08. The van der Waals surface area contributed by atoms with E-state index < -0.39 is 0 Å². The van der Waals surface area contributed by atoms with Gasteiger partial charge in [-0.1, -0.05) is 0 Å². The van der Waals surface area contributed by atoms with Crippen molar-refractivity contribution in [3.8, 4) is 0 Å².